The van der Waals surface area contributed by atoms with E-state index >= 15 is 0 Å². The highest BCUT2D eigenvalue weighted by molar-refractivity contribution is 5.77. The SMILES string of the molecule is COc1ccc(CC(NC(=O)N2CCN(C(C)=O)CC2)c2nc3ccccc3[nH]2)cc1. The third-order valence-electron chi connectivity index (χ3n) is 5.65. The van der Waals surface area contributed by atoms with Gasteiger partial charge in [0.2, 0.25) is 5.91 Å². The molecule has 2 heterocycles. The molecule has 0 saturated carbocycles. The topological polar surface area (TPSA) is 90.6 Å². The van der Waals surface area contributed by atoms with Gasteiger partial charge >= 0.3 is 6.03 Å². The first-order chi connectivity index (χ1) is 15.0. The lowest BCUT2D eigenvalue weighted by Crippen LogP contribution is -2.53. The molecule has 31 heavy (non-hydrogen) atoms. The van der Waals surface area contributed by atoms with Gasteiger partial charge in [0.15, 0.2) is 0 Å². The van der Waals surface area contributed by atoms with Gasteiger partial charge in [-0.1, -0.05) is 24.3 Å². The molecule has 1 aliphatic heterocycles. The lowest BCUT2D eigenvalue weighted by molar-refractivity contribution is -0.130. The number of fused-ring (bicyclic) bond motifs is 1. The number of carbonyl (C=O) groups excluding carboxylic acids is 2. The number of aromatic nitrogens is 2. The van der Waals surface area contributed by atoms with Crippen LogP contribution < -0.4 is 10.1 Å². The number of ether oxygens (including phenoxy) is 1. The summed E-state index contributed by atoms with van der Waals surface area (Å²) in [5.41, 5.74) is 2.86. The highest BCUT2D eigenvalue weighted by atomic mass is 16.5. The molecule has 1 atom stereocenters. The number of benzene rings is 2. The predicted octanol–water partition coefficient (Wildman–Crippen LogP) is 2.73. The predicted molar refractivity (Wildman–Crippen MR) is 118 cm³/mol. The molecule has 0 aliphatic carbocycles. The number of amides is 3. The molecule has 1 saturated heterocycles. The van der Waals surface area contributed by atoms with Crippen LogP contribution in [0.15, 0.2) is 48.5 Å². The zero-order chi connectivity index (χ0) is 21.8. The molecule has 2 N–H and O–H groups in total. The molecule has 8 nitrogen and oxygen atoms in total. The van der Waals surface area contributed by atoms with Crippen LogP contribution in [-0.2, 0) is 11.2 Å². The maximum Gasteiger partial charge on any atom is 0.318 e. The average molecular weight is 422 g/mol. The fourth-order valence-electron chi connectivity index (χ4n) is 3.82. The number of piperazine rings is 1. The van der Waals surface area contributed by atoms with E-state index in [0.717, 1.165) is 22.3 Å². The van der Waals surface area contributed by atoms with E-state index in [1.54, 1.807) is 23.8 Å². The molecule has 2 aromatic carbocycles. The number of urea groups is 1. The molecule has 8 heteroatoms. The Kier molecular flexibility index (Phi) is 6.06. The Morgan fingerprint density at radius 1 is 1.06 bits per heavy atom. The van der Waals surface area contributed by atoms with Crippen LogP contribution in [0.5, 0.6) is 5.75 Å². The van der Waals surface area contributed by atoms with Crippen LogP contribution in [0.3, 0.4) is 0 Å². The Bertz CT molecular complexity index is 1020. The van der Waals surface area contributed by atoms with Crippen LogP contribution in [0.1, 0.15) is 24.4 Å². The van der Waals surface area contributed by atoms with Gasteiger partial charge in [0.1, 0.15) is 11.6 Å². The van der Waals surface area contributed by atoms with Crippen molar-refractivity contribution in [3.8, 4) is 5.75 Å². The quantitative estimate of drug-likeness (QED) is 0.663. The third-order valence-corrected chi connectivity index (χ3v) is 5.65. The summed E-state index contributed by atoms with van der Waals surface area (Å²) in [6, 6.07) is 15.2. The monoisotopic (exact) mass is 421 g/mol. The van der Waals surface area contributed by atoms with E-state index in [1.807, 2.05) is 48.5 Å². The van der Waals surface area contributed by atoms with Crippen LogP contribution in [0, 0.1) is 0 Å². The first-order valence-corrected chi connectivity index (χ1v) is 10.4. The van der Waals surface area contributed by atoms with Crippen molar-refractivity contribution in [2.45, 2.75) is 19.4 Å². The number of imidazole rings is 1. The number of methoxy groups -OCH3 is 1. The highest BCUT2D eigenvalue weighted by Gasteiger charge is 2.26. The molecular weight excluding hydrogens is 394 g/mol. The van der Waals surface area contributed by atoms with Crippen LogP contribution in [0.25, 0.3) is 11.0 Å². The molecule has 0 bridgehead atoms. The third kappa shape index (κ3) is 4.79. The Labute approximate surface area is 181 Å². The van der Waals surface area contributed by atoms with Crippen molar-refractivity contribution in [2.75, 3.05) is 33.3 Å². The number of hydrogen-bond acceptors (Lipinski definition) is 4. The minimum absolute atomic E-state index is 0.0414. The second-order valence-electron chi connectivity index (χ2n) is 7.69. The molecule has 1 aliphatic rings. The van der Waals surface area contributed by atoms with E-state index in [-0.39, 0.29) is 18.0 Å². The molecule has 0 spiro atoms. The van der Waals surface area contributed by atoms with Crippen molar-refractivity contribution < 1.29 is 14.3 Å². The summed E-state index contributed by atoms with van der Waals surface area (Å²) < 4.78 is 5.25. The fourth-order valence-corrected chi connectivity index (χ4v) is 3.82. The van der Waals surface area contributed by atoms with Crippen molar-refractivity contribution in [1.29, 1.82) is 0 Å². The molecule has 1 unspecified atom stereocenters. The Hall–Kier alpha value is -3.55. The molecule has 3 amide bonds. The van der Waals surface area contributed by atoms with Gasteiger partial charge < -0.3 is 24.8 Å². The standard InChI is InChI=1S/C23H27N5O3/c1-16(29)27-11-13-28(14-12-27)23(30)26-21(15-17-7-9-18(31-2)10-8-17)22-24-19-5-3-4-6-20(19)25-22/h3-10,21H,11-15H2,1-2H3,(H,24,25)(H,26,30). The van der Waals surface area contributed by atoms with Crippen molar-refractivity contribution in [2.24, 2.45) is 0 Å². The number of hydrogen-bond donors (Lipinski definition) is 2. The summed E-state index contributed by atoms with van der Waals surface area (Å²) in [4.78, 5) is 36.1. The molecule has 1 aromatic heterocycles. The number of H-pyrrole nitrogens is 1. The van der Waals surface area contributed by atoms with Gasteiger partial charge in [-0.2, -0.15) is 0 Å². The molecule has 0 radical (unpaired) electrons. The summed E-state index contributed by atoms with van der Waals surface area (Å²) in [6.07, 6.45) is 0.586. The lowest BCUT2D eigenvalue weighted by atomic mass is 10.1. The molecule has 162 valence electrons. The van der Waals surface area contributed by atoms with Gasteiger partial charge in [-0.3, -0.25) is 4.79 Å². The van der Waals surface area contributed by atoms with E-state index in [4.69, 9.17) is 9.72 Å². The number of nitrogens with one attached hydrogen (secondary N) is 2. The summed E-state index contributed by atoms with van der Waals surface area (Å²) in [6.45, 7) is 3.69. The Morgan fingerprint density at radius 3 is 2.39 bits per heavy atom. The first kappa shape index (κ1) is 20.7. The molecule has 1 fully saturated rings. The zero-order valence-corrected chi connectivity index (χ0v) is 17.8. The van der Waals surface area contributed by atoms with Gasteiger partial charge in [0, 0.05) is 33.1 Å². The van der Waals surface area contributed by atoms with Crippen LogP contribution >= 0.6 is 0 Å². The minimum atomic E-state index is -0.320. The minimum Gasteiger partial charge on any atom is -0.497 e. The zero-order valence-electron chi connectivity index (χ0n) is 17.8. The second kappa shape index (κ2) is 9.07. The van der Waals surface area contributed by atoms with Gasteiger partial charge in [-0.15, -0.1) is 0 Å². The fraction of sp³-hybridized carbons (Fsp3) is 0.348. The van der Waals surface area contributed by atoms with Crippen LogP contribution in [0.4, 0.5) is 4.79 Å². The number of nitrogens with zero attached hydrogens (tertiary/aromatic N) is 3. The first-order valence-electron chi connectivity index (χ1n) is 10.4. The second-order valence-corrected chi connectivity index (χ2v) is 7.69. The smallest absolute Gasteiger partial charge is 0.318 e. The van der Waals surface area contributed by atoms with E-state index in [2.05, 4.69) is 10.3 Å². The maximum absolute atomic E-state index is 13.0. The molecular formula is C23H27N5O3. The lowest BCUT2D eigenvalue weighted by Gasteiger charge is -2.35. The summed E-state index contributed by atoms with van der Waals surface area (Å²) in [7, 11) is 1.64. The maximum atomic E-state index is 13.0. The molecule has 4 rings (SSSR count). The normalized spacial score (nSPS) is 15.0. The van der Waals surface area contributed by atoms with Crippen molar-refractivity contribution in [3.05, 3.63) is 59.9 Å². The average Bonchev–Trinajstić information content (AvgIpc) is 3.23. The Balaban J connectivity index is 1.53. The number of carbonyl (C=O) groups is 2. The largest absolute Gasteiger partial charge is 0.497 e. The number of rotatable bonds is 5. The van der Waals surface area contributed by atoms with Crippen LogP contribution in [0.2, 0.25) is 0 Å². The van der Waals surface area contributed by atoms with Crippen molar-refractivity contribution >= 4 is 23.0 Å². The van der Waals surface area contributed by atoms with E-state index in [9.17, 15) is 9.59 Å². The van der Waals surface area contributed by atoms with Crippen molar-refractivity contribution in [1.82, 2.24) is 25.1 Å². The number of para-hydroxylation sites is 2. The van der Waals surface area contributed by atoms with E-state index in [0.29, 0.717) is 38.4 Å². The summed E-state index contributed by atoms with van der Waals surface area (Å²) >= 11 is 0. The van der Waals surface area contributed by atoms with Gasteiger partial charge in [-0.05, 0) is 36.2 Å². The number of aromatic amines is 1. The van der Waals surface area contributed by atoms with E-state index in [1.165, 1.54) is 0 Å². The highest BCUT2D eigenvalue weighted by Crippen LogP contribution is 2.22. The van der Waals surface area contributed by atoms with Gasteiger partial charge in [-0.25, -0.2) is 9.78 Å². The van der Waals surface area contributed by atoms with Gasteiger partial charge in [0.25, 0.3) is 0 Å². The van der Waals surface area contributed by atoms with E-state index < -0.39 is 0 Å². The van der Waals surface area contributed by atoms with Crippen LogP contribution in [-0.4, -0.2) is 65.0 Å². The van der Waals surface area contributed by atoms with Gasteiger partial charge in [0.05, 0.1) is 24.2 Å². The van der Waals surface area contributed by atoms with Crippen molar-refractivity contribution in [3.63, 3.8) is 0 Å². The Morgan fingerprint density at radius 2 is 1.74 bits per heavy atom. The summed E-state index contributed by atoms with van der Waals surface area (Å²) in [5, 5.41) is 3.14. The summed E-state index contributed by atoms with van der Waals surface area (Å²) in [5.74, 6) is 1.55. The molecule has 3 aromatic rings.